The lowest BCUT2D eigenvalue weighted by atomic mass is 9.98. The highest BCUT2D eigenvalue weighted by atomic mass is 16.5. The molecular weight excluding hydrogens is 502 g/mol. The van der Waals surface area contributed by atoms with Crippen molar-refractivity contribution < 1.29 is 34.1 Å². The lowest BCUT2D eigenvalue weighted by Gasteiger charge is -2.30. The molecule has 2 amide bonds. The summed E-state index contributed by atoms with van der Waals surface area (Å²) in [6.45, 7) is 6.38. The van der Waals surface area contributed by atoms with Gasteiger partial charge in [-0.1, -0.05) is 49.7 Å². The minimum Gasteiger partial charge on any atom is -0.496 e. The molecule has 0 saturated heterocycles. The average molecular weight is 540 g/mol. The fourth-order valence-corrected chi connectivity index (χ4v) is 4.68. The number of rotatable bonds is 12. The van der Waals surface area contributed by atoms with E-state index in [-0.39, 0.29) is 12.1 Å². The zero-order valence-electron chi connectivity index (χ0n) is 22.8. The normalized spacial score (nSPS) is 15.5. The van der Waals surface area contributed by atoms with E-state index in [2.05, 4.69) is 10.6 Å². The van der Waals surface area contributed by atoms with Gasteiger partial charge in [0, 0.05) is 18.7 Å². The van der Waals surface area contributed by atoms with Crippen LogP contribution in [0.2, 0.25) is 0 Å². The van der Waals surface area contributed by atoms with Crippen molar-refractivity contribution in [3.63, 3.8) is 0 Å². The minimum atomic E-state index is -1.60. The van der Waals surface area contributed by atoms with Gasteiger partial charge < -0.3 is 25.6 Å². The number of Topliss-reactive ketones (excluding diaryl/α,β-unsaturated/α-hetero) is 1. The zero-order chi connectivity index (χ0) is 28.7. The number of hydrogen-bond donors (Lipinski definition) is 4. The Morgan fingerprint density at radius 3 is 2.36 bits per heavy atom. The van der Waals surface area contributed by atoms with Crippen LogP contribution in [0.4, 0.5) is 0 Å². The summed E-state index contributed by atoms with van der Waals surface area (Å²) in [7, 11) is 1.42. The first-order valence-corrected chi connectivity index (χ1v) is 13.0. The highest BCUT2D eigenvalue weighted by Crippen LogP contribution is 2.27. The number of nitrogens with one attached hydrogen (secondary N) is 2. The molecule has 2 aromatic rings. The van der Waals surface area contributed by atoms with E-state index in [1.165, 1.54) is 12.7 Å². The minimum absolute atomic E-state index is 0.0167. The zero-order valence-corrected chi connectivity index (χ0v) is 22.8. The summed E-state index contributed by atoms with van der Waals surface area (Å²) in [6, 6.07) is 10.6. The Morgan fingerprint density at radius 1 is 1.03 bits per heavy atom. The molecule has 3 unspecified atom stereocenters. The number of aliphatic carboxylic acids is 1. The highest BCUT2D eigenvalue weighted by molar-refractivity contribution is 5.96. The van der Waals surface area contributed by atoms with Crippen LogP contribution in [0.1, 0.15) is 48.6 Å². The van der Waals surface area contributed by atoms with Crippen LogP contribution in [0.25, 0.3) is 0 Å². The van der Waals surface area contributed by atoms with Gasteiger partial charge in [-0.25, -0.2) is 0 Å². The second-order valence-corrected chi connectivity index (χ2v) is 10.2. The quantitative estimate of drug-likeness (QED) is 0.319. The molecule has 0 bridgehead atoms. The first-order chi connectivity index (χ1) is 18.5. The number of aryl methyl sites for hydroxylation is 1. The molecule has 0 radical (unpaired) electrons. The number of carboxylic acid groups (broad SMARTS) is 1. The maximum absolute atomic E-state index is 13.2. The van der Waals surface area contributed by atoms with Crippen molar-refractivity contribution in [2.45, 2.75) is 58.3 Å². The third-order valence-electron chi connectivity index (χ3n) is 6.85. The molecule has 2 aromatic carbocycles. The van der Waals surface area contributed by atoms with Crippen LogP contribution in [-0.2, 0) is 32.1 Å². The Labute approximate surface area is 228 Å². The molecule has 0 aromatic heterocycles. The number of amides is 2. The summed E-state index contributed by atoms with van der Waals surface area (Å²) in [5.74, 6) is -3.28. The number of carboxylic acids is 1. The van der Waals surface area contributed by atoms with Crippen LogP contribution < -0.4 is 15.4 Å². The predicted molar refractivity (Wildman–Crippen MR) is 144 cm³/mol. The van der Waals surface area contributed by atoms with Crippen LogP contribution in [0.3, 0.4) is 0 Å². The first-order valence-electron chi connectivity index (χ1n) is 13.0. The highest BCUT2D eigenvalue weighted by Gasteiger charge is 2.33. The number of ether oxygens (including phenoxy) is 1. The molecule has 1 aliphatic rings. The number of carbonyl (C=O) groups excluding carboxylic acids is 3. The van der Waals surface area contributed by atoms with Crippen LogP contribution in [0.15, 0.2) is 42.5 Å². The van der Waals surface area contributed by atoms with E-state index in [0.717, 1.165) is 17.5 Å². The fourth-order valence-electron chi connectivity index (χ4n) is 4.68. The van der Waals surface area contributed by atoms with E-state index in [1.54, 1.807) is 39.0 Å². The molecule has 0 fully saturated rings. The number of carbonyl (C=O) groups is 4. The second kappa shape index (κ2) is 13.3. The fraction of sp³-hybridized carbons (Fsp3) is 0.448. The largest absolute Gasteiger partial charge is 0.496 e. The predicted octanol–water partition coefficient (Wildman–Crippen LogP) is 1.76. The van der Waals surface area contributed by atoms with Gasteiger partial charge in [0.1, 0.15) is 11.8 Å². The molecular formula is C29H37N3O7. The van der Waals surface area contributed by atoms with Crippen LogP contribution >= 0.6 is 0 Å². The summed E-state index contributed by atoms with van der Waals surface area (Å²) in [4.78, 5) is 52.8. The number of aliphatic hydroxyl groups excluding tert-OH is 1. The number of methoxy groups -OCH3 is 1. The maximum atomic E-state index is 13.2. The van der Waals surface area contributed by atoms with Crippen molar-refractivity contribution in [2.24, 2.45) is 5.92 Å². The van der Waals surface area contributed by atoms with Crippen molar-refractivity contribution in [2.75, 3.05) is 20.2 Å². The van der Waals surface area contributed by atoms with Gasteiger partial charge in [-0.05, 0) is 42.5 Å². The van der Waals surface area contributed by atoms with Crippen molar-refractivity contribution in [1.82, 2.24) is 15.5 Å². The number of benzene rings is 2. The van der Waals surface area contributed by atoms with E-state index in [9.17, 15) is 29.4 Å². The number of ketones is 1. The van der Waals surface area contributed by atoms with Gasteiger partial charge in [0.25, 0.3) is 5.91 Å². The van der Waals surface area contributed by atoms with Crippen molar-refractivity contribution in [3.05, 3.63) is 64.7 Å². The van der Waals surface area contributed by atoms with Gasteiger partial charge in [-0.2, -0.15) is 0 Å². The van der Waals surface area contributed by atoms with Gasteiger partial charge >= 0.3 is 5.97 Å². The van der Waals surface area contributed by atoms with Gasteiger partial charge in [-0.15, -0.1) is 0 Å². The number of nitrogens with zero attached hydrogens (tertiary/aromatic N) is 1. The lowest BCUT2D eigenvalue weighted by molar-refractivity contribution is -0.141. The standard InChI is InChI=1S/C29H37N3O7/c1-17(2)26(31-29(38)27(36)21-13-18(3)9-10-24(21)39-4)28(37)30-22(14-25(34)35)23(33)16-32-12-11-19-7-5-6-8-20(19)15-32/h5-10,13,17,22,26-27,36H,11-12,14-16H2,1-4H3,(H,30,37)(H,31,38)(H,34,35). The number of fused-ring (bicyclic) bond motifs is 1. The van der Waals surface area contributed by atoms with E-state index >= 15 is 0 Å². The second-order valence-electron chi connectivity index (χ2n) is 10.2. The molecule has 210 valence electrons. The van der Waals surface area contributed by atoms with E-state index in [0.29, 0.717) is 18.8 Å². The van der Waals surface area contributed by atoms with Gasteiger partial charge in [-0.3, -0.25) is 24.1 Å². The number of hydrogen-bond acceptors (Lipinski definition) is 7. The smallest absolute Gasteiger partial charge is 0.305 e. The molecule has 1 aliphatic heterocycles. The topological polar surface area (TPSA) is 145 Å². The molecule has 1 heterocycles. The lowest BCUT2D eigenvalue weighted by Crippen LogP contribution is -2.55. The molecule has 10 nitrogen and oxygen atoms in total. The molecule has 3 atom stereocenters. The third-order valence-corrected chi connectivity index (χ3v) is 6.85. The van der Waals surface area contributed by atoms with Crippen LogP contribution in [-0.4, -0.2) is 71.0 Å². The summed E-state index contributed by atoms with van der Waals surface area (Å²) in [5, 5.41) is 25.2. The molecule has 39 heavy (non-hydrogen) atoms. The SMILES string of the molecule is COc1ccc(C)cc1C(O)C(=O)NC(C(=O)NC(CC(=O)O)C(=O)CN1CCc2ccccc2C1)C(C)C. The van der Waals surface area contributed by atoms with Gasteiger partial charge in [0.15, 0.2) is 11.9 Å². The summed E-state index contributed by atoms with van der Waals surface area (Å²) < 4.78 is 5.25. The van der Waals surface area contributed by atoms with E-state index < -0.39 is 54.1 Å². The Balaban J connectivity index is 1.69. The van der Waals surface area contributed by atoms with Gasteiger partial charge in [0.05, 0.1) is 26.1 Å². The summed E-state index contributed by atoms with van der Waals surface area (Å²) >= 11 is 0. The Kier molecular flexibility index (Phi) is 10.2. The molecule has 0 spiro atoms. The van der Waals surface area contributed by atoms with Crippen LogP contribution in [0, 0.1) is 12.8 Å². The summed E-state index contributed by atoms with van der Waals surface area (Å²) in [6.07, 6.45) is -1.42. The van der Waals surface area contributed by atoms with E-state index in [4.69, 9.17) is 4.74 Å². The Hall–Kier alpha value is -3.76. The Morgan fingerprint density at radius 2 is 1.72 bits per heavy atom. The van der Waals surface area contributed by atoms with Crippen LogP contribution in [0.5, 0.6) is 5.75 Å². The summed E-state index contributed by atoms with van der Waals surface area (Å²) in [5.41, 5.74) is 3.39. The van der Waals surface area contributed by atoms with Crippen molar-refractivity contribution in [3.8, 4) is 5.75 Å². The monoisotopic (exact) mass is 539 g/mol. The average Bonchev–Trinajstić information content (AvgIpc) is 2.90. The van der Waals surface area contributed by atoms with E-state index in [1.807, 2.05) is 29.2 Å². The molecule has 10 heteroatoms. The molecule has 4 N–H and O–H groups in total. The molecule has 0 aliphatic carbocycles. The number of aliphatic hydroxyl groups is 1. The van der Waals surface area contributed by atoms with Gasteiger partial charge in [0.2, 0.25) is 5.91 Å². The van der Waals surface area contributed by atoms with Crippen molar-refractivity contribution in [1.29, 1.82) is 0 Å². The first kappa shape index (κ1) is 29.8. The molecule has 3 rings (SSSR count). The Bertz CT molecular complexity index is 1210. The molecule has 0 saturated carbocycles. The maximum Gasteiger partial charge on any atom is 0.305 e. The third kappa shape index (κ3) is 7.87. The van der Waals surface area contributed by atoms with Crippen molar-refractivity contribution >= 4 is 23.6 Å².